The third-order valence-electron chi connectivity index (χ3n) is 2.46. The van der Waals surface area contributed by atoms with Crippen LogP contribution in [-0.4, -0.2) is 21.1 Å². The maximum Gasteiger partial charge on any atom is 0.329 e. The van der Waals surface area contributed by atoms with E-state index in [0.717, 1.165) is 12.0 Å². The Morgan fingerprint density at radius 2 is 1.80 bits per heavy atom. The van der Waals surface area contributed by atoms with Crippen molar-refractivity contribution in [3.63, 3.8) is 0 Å². The van der Waals surface area contributed by atoms with Crippen molar-refractivity contribution in [3.8, 4) is 17.8 Å². The van der Waals surface area contributed by atoms with E-state index >= 15 is 0 Å². The highest BCUT2D eigenvalue weighted by molar-refractivity contribution is 6.28. The molecule has 1 heterocycles. The molecular formula is C14H16ClN3O2. The van der Waals surface area contributed by atoms with E-state index in [1.807, 2.05) is 38.1 Å². The normalized spacial score (nSPS) is 10.7. The second-order valence-corrected chi connectivity index (χ2v) is 4.74. The van der Waals surface area contributed by atoms with Crippen molar-refractivity contribution in [2.24, 2.45) is 0 Å². The van der Waals surface area contributed by atoms with Crippen molar-refractivity contribution in [1.29, 1.82) is 0 Å². The Morgan fingerprint density at radius 3 is 2.50 bits per heavy atom. The molecule has 0 N–H and O–H groups in total. The standard InChI is InChI=1S/C14H16ClN3O2/c1-4-10-7-5-6-8-11(10)20-14-17-12(15)16-13(18-14)19-9(2)3/h5-9H,4H2,1-3H3. The van der Waals surface area contributed by atoms with Crippen LogP contribution in [0.4, 0.5) is 0 Å². The van der Waals surface area contributed by atoms with Gasteiger partial charge in [-0.1, -0.05) is 25.1 Å². The molecule has 0 saturated carbocycles. The zero-order chi connectivity index (χ0) is 14.5. The molecule has 0 atom stereocenters. The number of halogens is 1. The van der Waals surface area contributed by atoms with E-state index in [4.69, 9.17) is 21.1 Å². The van der Waals surface area contributed by atoms with Crippen LogP contribution in [0.3, 0.4) is 0 Å². The molecule has 0 saturated heterocycles. The first-order valence-electron chi connectivity index (χ1n) is 6.42. The molecule has 0 unspecified atom stereocenters. The quantitative estimate of drug-likeness (QED) is 0.842. The van der Waals surface area contributed by atoms with Gasteiger partial charge in [0.05, 0.1) is 6.10 Å². The van der Waals surface area contributed by atoms with Crippen LogP contribution in [0.1, 0.15) is 26.3 Å². The summed E-state index contributed by atoms with van der Waals surface area (Å²) in [6.45, 7) is 5.81. The van der Waals surface area contributed by atoms with Gasteiger partial charge in [0.2, 0.25) is 5.28 Å². The maximum atomic E-state index is 5.85. The average Bonchev–Trinajstić information content (AvgIpc) is 2.37. The zero-order valence-corrected chi connectivity index (χ0v) is 12.4. The monoisotopic (exact) mass is 293 g/mol. The summed E-state index contributed by atoms with van der Waals surface area (Å²) in [5.41, 5.74) is 1.07. The molecule has 0 aliphatic heterocycles. The average molecular weight is 294 g/mol. The predicted octanol–water partition coefficient (Wildman–Crippen LogP) is 3.67. The Balaban J connectivity index is 2.26. The van der Waals surface area contributed by atoms with Gasteiger partial charge < -0.3 is 9.47 Å². The third kappa shape index (κ3) is 3.81. The van der Waals surface area contributed by atoms with Crippen molar-refractivity contribution in [1.82, 2.24) is 15.0 Å². The third-order valence-corrected chi connectivity index (χ3v) is 2.63. The lowest BCUT2D eigenvalue weighted by Gasteiger charge is -2.10. The van der Waals surface area contributed by atoms with Crippen LogP contribution in [0.25, 0.3) is 0 Å². The zero-order valence-electron chi connectivity index (χ0n) is 11.6. The molecule has 0 radical (unpaired) electrons. The Hall–Kier alpha value is -1.88. The first kappa shape index (κ1) is 14.5. The SMILES string of the molecule is CCc1ccccc1Oc1nc(Cl)nc(OC(C)C)n1. The van der Waals surface area contributed by atoms with Crippen LogP contribution in [0, 0.1) is 0 Å². The number of hydrogen-bond acceptors (Lipinski definition) is 5. The number of aromatic nitrogens is 3. The number of aryl methyl sites for hydroxylation is 1. The van der Waals surface area contributed by atoms with Gasteiger partial charge in [-0.05, 0) is 43.5 Å². The summed E-state index contributed by atoms with van der Waals surface area (Å²) in [5.74, 6) is 0.702. The highest BCUT2D eigenvalue weighted by Crippen LogP contribution is 2.24. The van der Waals surface area contributed by atoms with Gasteiger partial charge in [-0.15, -0.1) is 4.98 Å². The van der Waals surface area contributed by atoms with Gasteiger partial charge in [0.1, 0.15) is 5.75 Å². The van der Waals surface area contributed by atoms with E-state index in [0.29, 0.717) is 5.75 Å². The minimum Gasteiger partial charge on any atom is -0.461 e. The van der Waals surface area contributed by atoms with Crippen molar-refractivity contribution in [2.45, 2.75) is 33.3 Å². The lowest BCUT2D eigenvalue weighted by molar-refractivity contribution is 0.218. The van der Waals surface area contributed by atoms with Gasteiger partial charge >= 0.3 is 12.0 Å². The molecule has 2 aromatic rings. The molecule has 0 amide bonds. The van der Waals surface area contributed by atoms with Crippen LogP contribution >= 0.6 is 11.6 Å². The second-order valence-electron chi connectivity index (χ2n) is 4.40. The van der Waals surface area contributed by atoms with E-state index in [9.17, 15) is 0 Å². The van der Waals surface area contributed by atoms with E-state index in [2.05, 4.69) is 21.9 Å². The highest BCUT2D eigenvalue weighted by atomic mass is 35.5. The summed E-state index contributed by atoms with van der Waals surface area (Å²) in [4.78, 5) is 11.9. The molecular weight excluding hydrogens is 278 g/mol. The summed E-state index contributed by atoms with van der Waals surface area (Å²) in [6, 6.07) is 7.98. The van der Waals surface area contributed by atoms with E-state index in [-0.39, 0.29) is 23.4 Å². The van der Waals surface area contributed by atoms with Gasteiger partial charge in [0, 0.05) is 0 Å². The number of para-hydroxylation sites is 1. The number of benzene rings is 1. The number of ether oxygens (including phenoxy) is 2. The fourth-order valence-corrected chi connectivity index (χ4v) is 1.76. The molecule has 106 valence electrons. The number of rotatable bonds is 5. The Labute approximate surface area is 123 Å². The van der Waals surface area contributed by atoms with Gasteiger partial charge in [-0.3, -0.25) is 0 Å². The van der Waals surface area contributed by atoms with Gasteiger partial charge in [-0.25, -0.2) is 0 Å². The first-order chi connectivity index (χ1) is 9.58. The summed E-state index contributed by atoms with van der Waals surface area (Å²) in [5, 5.41) is 0.0413. The summed E-state index contributed by atoms with van der Waals surface area (Å²) in [7, 11) is 0. The van der Waals surface area contributed by atoms with Crippen molar-refractivity contribution in [3.05, 3.63) is 35.1 Å². The molecule has 1 aromatic carbocycles. The first-order valence-corrected chi connectivity index (χ1v) is 6.80. The van der Waals surface area contributed by atoms with Crippen LogP contribution in [0.5, 0.6) is 17.8 Å². The smallest absolute Gasteiger partial charge is 0.329 e. The summed E-state index contributed by atoms with van der Waals surface area (Å²) >= 11 is 5.85. The molecule has 20 heavy (non-hydrogen) atoms. The predicted molar refractivity (Wildman–Crippen MR) is 76.5 cm³/mol. The van der Waals surface area contributed by atoms with Gasteiger partial charge in [0.25, 0.3) is 0 Å². The molecule has 0 aliphatic carbocycles. The van der Waals surface area contributed by atoms with Crippen LogP contribution in [-0.2, 0) is 6.42 Å². The van der Waals surface area contributed by atoms with Crippen LogP contribution < -0.4 is 9.47 Å². The van der Waals surface area contributed by atoms with Crippen LogP contribution in [0.2, 0.25) is 5.28 Å². The minimum absolute atomic E-state index is 0.0413. The minimum atomic E-state index is -0.0516. The maximum absolute atomic E-state index is 5.85. The molecule has 0 bridgehead atoms. The molecule has 6 heteroatoms. The number of hydrogen-bond donors (Lipinski definition) is 0. The van der Waals surface area contributed by atoms with Crippen molar-refractivity contribution < 1.29 is 9.47 Å². The second kappa shape index (κ2) is 6.52. The Morgan fingerprint density at radius 1 is 1.10 bits per heavy atom. The summed E-state index contributed by atoms with van der Waals surface area (Å²) in [6.07, 6.45) is 0.800. The Kier molecular flexibility index (Phi) is 4.74. The van der Waals surface area contributed by atoms with Crippen molar-refractivity contribution in [2.75, 3.05) is 0 Å². The van der Waals surface area contributed by atoms with E-state index in [1.54, 1.807) is 0 Å². The fraction of sp³-hybridized carbons (Fsp3) is 0.357. The molecule has 5 nitrogen and oxygen atoms in total. The topological polar surface area (TPSA) is 57.1 Å². The molecule has 0 fully saturated rings. The van der Waals surface area contributed by atoms with Crippen LogP contribution in [0.15, 0.2) is 24.3 Å². The fourth-order valence-electron chi connectivity index (χ4n) is 1.62. The van der Waals surface area contributed by atoms with Gasteiger partial charge in [-0.2, -0.15) is 9.97 Å². The van der Waals surface area contributed by atoms with E-state index in [1.165, 1.54) is 0 Å². The molecule has 0 aliphatic rings. The lowest BCUT2D eigenvalue weighted by Crippen LogP contribution is -2.09. The Bertz CT molecular complexity index is 590. The van der Waals surface area contributed by atoms with E-state index < -0.39 is 0 Å². The molecule has 0 spiro atoms. The van der Waals surface area contributed by atoms with Gasteiger partial charge in [0.15, 0.2) is 0 Å². The lowest BCUT2D eigenvalue weighted by atomic mass is 10.1. The highest BCUT2D eigenvalue weighted by Gasteiger charge is 2.11. The van der Waals surface area contributed by atoms with Crippen molar-refractivity contribution >= 4 is 11.6 Å². The number of nitrogens with zero attached hydrogens (tertiary/aromatic N) is 3. The molecule has 1 aromatic heterocycles. The summed E-state index contributed by atoms with van der Waals surface area (Å²) < 4.78 is 11.1. The molecule has 2 rings (SSSR count). The largest absolute Gasteiger partial charge is 0.461 e.